The molecule has 3 aliphatic rings. The van der Waals surface area contributed by atoms with Gasteiger partial charge >= 0.3 is 5.97 Å². The number of nitrogens with zero attached hydrogens (tertiary/aromatic N) is 3. The van der Waals surface area contributed by atoms with Crippen LogP contribution in [-0.2, 0) is 28.1 Å². The lowest BCUT2D eigenvalue weighted by Gasteiger charge is -2.26. The Morgan fingerprint density at radius 1 is 1.23 bits per heavy atom. The molecule has 7 nitrogen and oxygen atoms in total. The summed E-state index contributed by atoms with van der Waals surface area (Å²) in [6.45, 7) is 1.85. The van der Waals surface area contributed by atoms with Gasteiger partial charge in [0.15, 0.2) is 5.60 Å². The van der Waals surface area contributed by atoms with E-state index in [0.717, 1.165) is 11.1 Å². The first kappa shape index (κ1) is 26.1. The maximum Gasteiger partial charge on any atom is 0.303 e. The van der Waals surface area contributed by atoms with Crippen molar-refractivity contribution in [2.45, 2.75) is 63.5 Å². The van der Waals surface area contributed by atoms with Crippen LogP contribution < -0.4 is 5.56 Å². The standard InChI is InChI=1S/C31H29F2N3O4/c1-18-15-20(32)10-12-27(18)36-28(7-2-3-8-29(37)38)34-25-16-19(9-11-22(25)30(36)39)26-17-31(40-35-26)14-13-21-23(31)5-4-6-24(21)33/h4-6,9-12,15-16,18,27H,2-3,7-8,13-14,17H2,1H3,(H,37,38). The molecule has 0 amide bonds. The first-order valence-corrected chi connectivity index (χ1v) is 13.6. The molecule has 1 N–H and O–H groups in total. The van der Waals surface area contributed by atoms with Gasteiger partial charge in [0.1, 0.15) is 17.5 Å². The number of aliphatic carboxylic acids is 1. The summed E-state index contributed by atoms with van der Waals surface area (Å²) in [6, 6.07) is 10.0. The SMILES string of the molecule is CC1C=C(F)C=CC1n1c(CCCCC(=O)O)nc2cc(C3=NOC4(CCc5c(F)cccc54)C3)ccc2c1=O. The number of halogens is 2. The molecule has 0 saturated heterocycles. The molecule has 3 aromatic rings. The van der Waals surface area contributed by atoms with E-state index in [0.29, 0.717) is 66.5 Å². The number of carbonyl (C=O) groups is 1. The number of hydrogen-bond acceptors (Lipinski definition) is 5. The fraction of sp³-hybridized carbons (Fsp3) is 0.355. The van der Waals surface area contributed by atoms with Gasteiger partial charge in [0.2, 0.25) is 0 Å². The zero-order chi connectivity index (χ0) is 28.0. The number of benzene rings is 2. The average molecular weight is 546 g/mol. The van der Waals surface area contributed by atoms with Gasteiger partial charge in [0.25, 0.3) is 5.56 Å². The zero-order valence-electron chi connectivity index (χ0n) is 22.1. The van der Waals surface area contributed by atoms with Crippen molar-refractivity contribution >= 4 is 22.6 Å². The highest BCUT2D eigenvalue weighted by atomic mass is 19.1. The number of fused-ring (bicyclic) bond motifs is 3. The largest absolute Gasteiger partial charge is 0.481 e. The van der Waals surface area contributed by atoms with E-state index in [9.17, 15) is 18.4 Å². The van der Waals surface area contributed by atoms with E-state index in [4.69, 9.17) is 14.9 Å². The Morgan fingerprint density at radius 3 is 2.88 bits per heavy atom. The Hall–Kier alpha value is -4.14. The molecular formula is C31H29F2N3O4. The van der Waals surface area contributed by atoms with Crippen LogP contribution in [0.25, 0.3) is 10.9 Å². The Balaban J connectivity index is 1.35. The molecule has 1 aromatic heterocycles. The van der Waals surface area contributed by atoms with Crippen molar-refractivity contribution in [1.29, 1.82) is 0 Å². The topological polar surface area (TPSA) is 93.8 Å². The molecular weight excluding hydrogens is 516 g/mol. The third-order valence-electron chi connectivity index (χ3n) is 8.23. The van der Waals surface area contributed by atoms with E-state index in [1.165, 1.54) is 18.2 Å². The summed E-state index contributed by atoms with van der Waals surface area (Å²) in [6.07, 6.45) is 7.65. The smallest absolute Gasteiger partial charge is 0.303 e. The normalized spacial score (nSPS) is 23.3. The van der Waals surface area contributed by atoms with E-state index in [2.05, 4.69) is 5.16 Å². The van der Waals surface area contributed by atoms with Crippen molar-refractivity contribution in [3.8, 4) is 0 Å². The van der Waals surface area contributed by atoms with E-state index in [-0.39, 0.29) is 29.5 Å². The summed E-state index contributed by atoms with van der Waals surface area (Å²) in [5.41, 5.74) is 2.56. The Bertz CT molecular complexity index is 1680. The van der Waals surface area contributed by atoms with E-state index < -0.39 is 17.6 Å². The summed E-state index contributed by atoms with van der Waals surface area (Å²) >= 11 is 0. The second kappa shape index (κ2) is 10.1. The third-order valence-corrected chi connectivity index (χ3v) is 8.23. The van der Waals surface area contributed by atoms with Crippen molar-refractivity contribution in [3.05, 3.63) is 99.1 Å². The lowest BCUT2D eigenvalue weighted by atomic mass is 9.88. The quantitative estimate of drug-likeness (QED) is 0.373. The Morgan fingerprint density at radius 2 is 2.08 bits per heavy atom. The molecule has 40 heavy (non-hydrogen) atoms. The fourth-order valence-electron chi connectivity index (χ4n) is 6.17. The molecule has 0 saturated carbocycles. The van der Waals surface area contributed by atoms with Crippen molar-refractivity contribution in [2.24, 2.45) is 11.1 Å². The van der Waals surface area contributed by atoms with Gasteiger partial charge < -0.3 is 9.94 Å². The summed E-state index contributed by atoms with van der Waals surface area (Å²) in [4.78, 5) is 35.6. The number of rotatable bonds is 7. The van der Waals surface area contributed by atoms with Gasteiger partial charge in [-0.3, -0.25) is 14.2 Å². The molecule has 1 aliphatic heterocycles. The number of hydrogen-bond donors (Lipinski definition) is 1. The van der Waals surface area contributed by atoms with Crippen LogP contribution in [0.1, 0.15) is 67.6 Å². The first-order valence-electron chi connectivity index (χ1n) is 13.6. The molecule has 0 bridgehead atoms. The maximum absolute atomic E-state index is 14.4. The molecule has 1 spiro atoms. The number of oxime groups is 1. The summed E-state index contributed by atoms with van der Waals surface area (Å²) in [5, 5.41) is 13.8. The highest BCUT2D eigenvalue weighted by Crippen LogP contribution is 2.47. The number of unbranched alkanes of at least 4 members (excludes halogenated alkanes) is 1. The van der Waals surface area contributed by atoms with Crippen LogP contribution >= 0.6 is 0 Å². The zero-order valence-corrected chi connectivity index (χ0v) is 22.1. The molecule has 3 atom stereocenters. The van der Waals surface area contributed by atoms with Gasteiger partial charge in [-0.05, 0) is 61.6 Å². The molecule has 9 heteroatoms. The minimum Gasteiger partial charge on any atom is -0.481 e. The van der Waals surface area contributed by atoms with E-state index in [1.807, 2.05) is 25.1 Å². The van der Waals surface area contributed by atoms with Gasteiger partial charge in [0, 0.05) is 36.3 Å². The van der Waals surface area contributed by atoms with Crippen LogP contribution in [0.15, 0.2) is 70.4 Å². The molecule has 2 heterocycles. The van der Waals surface area contributed by atoms with Crippen LogP contribution in [0.2, 0.25) is 0 Å². The van der Waals surface area contributed by atoms with E-state index in [1.54, 1.807) is 22.8 Å². The van der Waals surface area contributed by atoms with Crippen LogP contribution in [-0.4, -0.2) is 26.3 Å². The first-order chi connectivity index (χ1) is 19.3. The maximum atomic E-state index is 14.4. The second-order valence-corrected chi connectivity index (χ2v) is 10.9. The number of carboxylic acids is 1. The van der Waals surface area contributed by atoms with Gasteiger partial charge in [-0.25, -0.2) is 13.8 Å². The van der Waals surface area contributed by atoms with Crippen molar-refractivity contribution in [2.75, 3.05) is 0 Å². The monoisotopic (exact) mass is 545 g/mol. The predicted octanol–water partition coefficient (Wildman–Crippen LogP) is 5.90. The Kier molecular flexibility index (Phi) is 6.60. The molecule has 3 unspecified atom stereocenters. The summed E-state index contributed by atoms with van der Waals surface area (Å²) < 4.78 is 29.9. The number of carboxylic acid groups (broad SMARTS) is 1. The lowest BCUT2D eigenvalue weighted by Crippen LogP contribution is -2.32. The van der Waals surface area contributed by atoms with Crippen LogP contribution in [0.5, 0.6) is 0 Å². The van der Waals surface area contributed by atoms with Crippen LogP contribution in [0.3, 0.4) is 0 Å². The van der Waals surface area contributed by atoms with Gasteiger partial charge in [-0.2, -0.15) is 0 Å². The molecule has 0 fully saturated rings. The van der Waals surface area contributed by atoms with Crippen molar-refractivity contribution in [3.63, 3.8) is 0 Å². The minimum absolute atomic E-state index is 0.0320. The third kappa shape index (κ3) is 4.53. The number of aromatic nitrogens is 2. The average Bonchev–Trinajstić information content (AvgIpc) is 3.52. The second-order valence-electron chi connectivity index (χ2n) is 10.9. The highest BCUT2D eigenvalue weighted by molar-refractivity contribution is 6.04. The van der Waals surface area contributed by atoms with Gasteiger partial charge in [-0.15, -0.1) is 0 Å². The predicted molar refractivity (Wildman–Crippen MR) is 146 cm³/mol. The lowest BCUT2D eigenvalue weighted by molar-refractivity contribution is -0.137. The van der Waals surface area contributed by atoms with Crippen molar-refractivity contribution < 1.29 is 23.5 Å². The summed E-state index contributed by atoms with van der Waals surface area (Å²) in [7, 11) is 0. The molecule has 0 radical (unpaired) electrons. The number of aryl methyl sites for hydroxylation is 1. The van der Waals surface area contributed by atoms with Gasteiger partial charge in [-0.1, -0.05) is 36.4 Å². The van der Waals surface area contributed by atoms with Crippen molar-refractivity contribution in [1.82, 2.24) is 9.55 Å². The minimum atomic E-state index is -0.872. The number of allylic oxidation sites excluding steroid dienone is 4. The van der Waals surface area contributed by atoms with Crippen LogP contribution in [0, 0.1) is 11.7 Å². The van der Waals surface area contributed by atoms with Crippen LogP contribution in [0.4, 0.5) is 8.78 Å². The Labute approximate surface area is 229 Å². The molecule has 206 valence electrons. The van der Waals surface area contributed by atoms with E-state index >= 15 is 0 Å². The highest BCUT2D eigenvalue weighted by Gasteiger charge is 2.47. The molecule has 6 rings (SSSR count). The molecule has 2 aliphatic carbocycles. The summed E-state index contributed by atoms with van der Waals surface area (Å²) in [5.74, 6) is -1.18. The molecule has 2 aromatic carbocycles. The van der Waals surface area contributed by atoms with Gasteiger partial charge in [0.05, 0.1) is 22.7 Å². The fourth-order valence-corrected chi connectivity index (χ4v) is 6.17.